The molecule has 3 rings (SSSR count). The molecule has 2 aromatic heterocycles. The maximum Gasteiger partial charge on any atom is 0.338 e. The van der Waals surface area contributed by atoms with Crippen LogP contribution in [0.4, 0.5) is 5.00 Å². The first-order valence-electron chi connectivity index (χ1n) is 8.40. The molecule has 0 saturated heterocycles. The highest BCUT2D eigenvalue weighted by Crippen LogP contribution is 2.24. The average Bonchev–Trinajstić information content (AvgIpc) is 3.33. The van der Waals surface area contributed by atoms with Crippen molar-refractivity contribution in [1.29, 1.82) is 0 Å². The predicted octanol–water partition coefficient (Wildman–Crippen LogP) is 3.70. The monoisotopic (exact) mass is 447 g/mol. The number of carbonyl (C=O) groups is 3. The summed E-state index contributed by atoms with van der Waals surface area (Å²) < 4.78 is 5.03. The fraction of sp³-hybridized carbons (Fsp3) is 0.158. The number of hydrogen-bond acceptors (Lipinski definition) is 8. The second kappa shape index (κ2) is 9.68. The topological polar surface area (TPSA) is 111 Å². The van der Waals surface area contributed by atoms with Crippen molar-refractivity contribution in [1.82, 2.24) is 4.98 Å². The first kappa shape index (κ1) is 21.0. The zero-order chi connectivity index (χ0) is 20.8. The molecule has 0 bridgehead atoms. The van der Waals surface area contributed by atoms with Crippen molar-refractivity contribution >= 4 is 57.2 Å². The molecule has 3 N–H and O–H groups in total. The standard InChI is InChI=1S/C19H17N3O4S3/c1-11-21-13(9-28-11)10-29-14-4-2-12(3-5-14)19(25)26-8-16(23)22-18-15(17(20)24)6-7-27-18/h2-7,9H,8,10H2,1H3,(H2,20,24)(H,22,23). The Bertz CT molecular complexity index is 1030. The Kier molecular flexibility index (Phi) is 7.02. The SMILES string of the molecule is Cc1nc(CSc2ccc(C(=O)OCC(=O)Nc3sccc3C(N)=O)cc2)cs1. The highest BCUT2D eigenvalue weighted by molar-refractivity contribution is 7.98. The molecule has 0 fully saturated rings. The Morgan fingerprint density at radius 2 is 1.93 bits per heavy atom. The molecular weight excluding hydrogens is 430 g/mol. The van der Waals surface area contributed by atoms with Crippen molar-refractivity contribution in [3.05, 3.63) is 62.9 Å². The maximum absolute atomic E-state index is 12.1. The van der Waals surface area contributed by atoms with E-state index >= 15 is 0 Å². The fourth-order valence-corrected chi connectivity index (χ4v) is 4.61. The number of nitrogens with zero attached hydrogens (tertiary/aromatic N) is 1. The Hall–Kier alpha value is -2.69. The number of benzene rings is 1. The summed E-state index contributed by atoms with van der Waals surface area (Å²) in [6.45, 7) is 1.51. The van der Waals surface area contributed by atoms with Gasteiger partial charge in [-0.1, -0.05) is 0 Å². The third kappa shape index (κ3) is 5.89. The van der Waals surface area contributed by atoms with Gasteiger partial charge in [-0.05, 0) is 42.6 Å². The van der Waals surface area contributed by atoms with E-state index in [9.17, 15) is 14.4 Å². The van der Waals surface area contributed by atoms with Gasteiger partial charge < -0.3 is 15.8 Å². The Morgan fingerprint density at radius 3 is 2.59 bits per heavy atom. The molecule has 0 aliphatic rings. The zero-order valence-electron chi connectivity index (χ0n) is 15.3. The summed E-state index contributed by atoms with van der Waals surface area (Å²) in [5, 5.41) is 7.54. The van der Waals surface area contributed by atoms with Crippen LogP contribution in [0.2, 0.25) is 0 Å². The minimum Gasteiger partial charge on any atom is -0.452 e. The highest BCUT2D eigenvalue weighted by Gasteiger charge is 2.15. The fourth-order valence-electron chi connectivity index (χ4n) is 2.30. The van der Waals surface area contributed by atoms with E-state index in [-0.39, 0.29) is 5.56 Å². The molecule has 7 nitrogen and oxygen atoms in total. The second-order valence-electron chi connectivity index (χ2n) is 5.82. The molecule has 0 aliphatic heterocycles. The Labute approximate surface area is 179 Å². The van der Waals surface area contributed by atoms with Gasteiger partial charge >= 0.3 is 5.97 Å². The number of thiophene rings is 1. The van der Waals surface area contributed by atoms with Crippen molar-refractivity contribution in [2.24, 2.45) is 5.73 Å². The minimum atomic E-state index is -0.638. The number of primary amides is 1. The van der Waals surface area contributed by atoms with E-state index in [0.717, 1.165) is 32.7 Å². The van der Waals surface area contributed by atoms with E-state index in [4.69, 9.17) is 10.5 Å². The molecule has 0 saturated carbocycles. The lowest BCUT2D eigenvalue weighted by molar-refractivity contribution is -0.119. The first-order valence-corrected chi connectivity index (χ1v) is 11.1. The minimum absolute atomic E-state index is 0.218. The number of thioether (sulfide) groups is 1. The summed E-state index contributed by atoms with van der Waals surface area (Å²) in [6.07, 6.45) is 0. The molecule has 10 heteroatoms. The van der Waals surface area contributed by atoms with E-state index in [2.05, 4.69) is 10.3 Å². The number of ether oxygens (including phenoxy) is 1. The van der Waals surface area contributed by atoms with E-state index < -0.39 is 24.4 Å². The molecule has 0 unspecified atom stereocenters. The Balaban J connectivity index is 1.48. The highest BCUT2D eigenvalue weighted by atomic mass is 32.2. The molecule has 0 aliphatic carbocycles. The van der Waals surface area contributed by atoms with Crippen molar-refractivity contribution < 1.29 is 19.1 Å². The van der Waals surface area contributed by atoms with Crippen LogP contribution < -0.4 is 11.1 Å². The summed E-state index contributed by atoms with van der Waals surface area (Å²) >= 11 is 4.40. The Morgan fingerprint density at radius 1 is 1.17 bits per heavy atom. The third-order valence-corrected chi connectivity index (χ3v) is 6.36. The van der Waals surface area contributed by atoms with Crippen molar-refractivity contribution in [2.75, 3.05) is 11.9 Å². The number of anilines is 1. The molecule has 0 radical (unpaired) electrons. The molecule has 0 atom stereocenters. The summed E-state index contributed by atoms with van der Waals surface area (Å²) in [7, 11) is 0. The molecule has 150 valence electrons. The normalized spacial score (nSPS) is 10.5. The zero-order valence-corrected chi connectivity index (χ0v) is 17.8. The number of thiazole rings is 1. The van der Waals surface area contributed by atoms with Crippen LogP contribution in [0.5, 0.6) is 0 Å². The van der Waals surface area contributed by atoms with Gasteiger partial charge in [-0.25, -0.2) is 9.78 Å². The van der Waals surface area contributed by atoms with Crippen LogP contribution in [-0.4, -0.2) is 29.4 Å². The number of aromatic nitrogens is 1. The van der Waals surface area contributed by atoms with Crippen molar-refractivity contribution in [2.45, 2.75) is 17.6 Å². The number of aryl methyl sites for hydroxylation is 1. The molecule has 2 heterocycles. The van der Waals surface area contributed by atoms with E-state index in [0.29, 0.717) is 10.6 Å². The van der Waals surface area contributed by atoms with Crippen molar-refractivity contribution in [3.63, 3.8) is 0 Å². The van der Waals surface area contributed by atoms with Crippen LogP contribution in [0.3, 0.4) is 0 Å². The third-order valence-electron chi connectivity index (χ3n) is 3.66. The van der Waals surface area contributed by atoms with Crippen LogP contribution in [0.15, 0.2) is 46.0 Å². The number of rotatable bonds is 8. The quantitative estimate of drug-likeness (QED) is 0.402. The van der Waals surface area contributed by atoms with Gasteiger partial charge in [0, 0.05) is 16.0 Å². The van der Waals surface area contributed by atoms with E-state index in [1.54, 1.807) is 40.6 Å². The molecule has 2 amide bonds. The smallest absolute Gasteiger partial charge is 0.338 e. The molecule has 1 aromatic carbocycles. The molecular formula is C19H17N3O4S3. The van der Waals surface area contributed by atoms with Crippen LogP contribution >= 0.6 is 34.4 Å². The lowest BCUT2D eigenvalue weighted by Gasteiger charge is -2.07. The number of esters is 1. The van der Waals surface area contributed by atoms with Gasteiger partial charge in [-0.3, -0.25) is 9.59 Å². The van der Waals surface area contributed by atoms with E-state index in [1.165, 1.54) is 6.07 Å². The first-order chi connectivity index (χ1) is 13.9. The number of hydrogen-bond donors (Lipinski definition) is 2. The largest absolute Gasteiger partial charge is 0.452 e. The van der Waals surface area contributed by atoms with Crippen molar-refractivity contribution in [3.8, 4) is 0 Å². The number of nitrogens with two attached hydrogens (primary N) is 1. The van der Waals surface area contributed by atoms with Crippen LogP contribution in [-0.2, 0) is 15.3 Å². The van der Waals surface area contributed by atoms with Crippen LogP contribution in [0.1, 0.15) is 31.4 Å². The average molecular weight is 448 g/mol. The van der Waals surface area contributed by atoms with Crippen LogP contribution in [0, 0.1) is 6.92 Å². The van der Waals surface area contributed by atoms with Gasteiger partial charge in [0.15, 0.2) is 6.61 Å². The van der Waals surface area contributed by atoms with Crippen LogP contribution in [0.25, 0.3) is 0 Å². The van der Waals surface area contributed by atoms with Gasteiger partial charge in [-0.15, -0.1) is 34.4 Å². The van der Waals surface area contributed by atoms with Gasteiger partial charge in [0.25, 0.3) is 11.8 Å². The molecule has 3 aromatic rings. The van der Waals surface area contributed by atoms with E-state index in [1.807, 2.05) is 24.4 Å². The molecule has 29 heavy (non-hydrogen) atoms. The summed E-state index contributed by atoms with van der Waals surface area (Å²) in [6, 6.07) is 8.47. The van der Waals surface area contributed by atoms with Gasteiger partial charge in [0.1, 0.15) is 5.00 Å². The van der Waals surface area contributed by atoms with Gasteiger partial charge in [-0.2, -0.15) is 0 Å². The molecule has 0 spiro atoms. The number of carbonyl (C=O) groups excluding carboxylic acids is 3. The summed E-state index contributed by atoms with van der Waals surface area (Å²) in [5.41, 5.74) is 6.82. The number of amides is 2. The summed E-state index contributed by atoms with van der Waals surface area (Å²) in [5.74, 6) is -1.03. The lowest BCUT2D eigenvalue weighted by atomic mass is 10.2. The number of nitrogens with one attached hydrogen (secondary N) is 1. The van der Waals surface area contributed by atoms with Gasteiger partial charge in [0.2, 0.25) is 0 Å². The van der Waals surface area contributed by atoms with Gasteiger partial charge in [0.05, 0.1) is 21.8 Å². The predicted molar refractivity (Wildman–Crippen MR) is 115 cm³/mol. The second-order valence-corrected chi connectivity index (χ2v) is 8.85. The maximum atomic E-state index is 12.1. The summed E-state index contributed by atoms with van der Waals surface area (Å²) in [4.78, 5) is 40.8. The lowest BCUT2D eigenvalue weighted by Crippen LogP contribution is -2.22.